The molecule has 0 spiro atoms. The van der Waals surface area contributed by atoms with Crippen molar-refractivity contribution in [2.75, 3.05) is 6.54 Å². The van der Waals surface area contributed by atoms with Gasteiger partial charge in [0.25, 0.3) is 0 Å². The van der Waals surface area contributed by atoms with E-state index in [4.69, 9.17) is 5.11 Å². The SMILES string of the molecule is CC1CCCC(CCNCc2ccc(C(=O)O)s2)C1. The Hall–Kier alpha value is -0.870. The second-order valence-electron chi connectivity index (χ2n) is 5.67. The zero-order valence-corrected chi connectivity index (χ0v) is 12.3. The van der Waals surface area contributed by atoms with E-state index in [0.717, 1.165) is 29.8 Å². The average molecular weight is 281 g/mol. The highest BCUT2D eigenvalue weighted by atomic mass is 32.1. The van der Waals surface area contributed by atoms with Crippen molar-refractivity contribution in [2.24, 2.45) is 11.8 Å². The molecule has 1 aromatic heterocycles. The van der Waals surface area contributed by atoms with Crippen molar-refractivity contribution in [2.45, 2.75) is 45.6 Å². The number of hydrogen-bond acceptors (Lipinski definition) is 3. The fourth-order valence-corrected chi connectivity index (χ4v) is 3.74. The number of carbonyl (C=O) groups is 1. The van der Waals surface area contributed by atoms with E-state index < -0.39 is 5.97 Å². The zero-order chi connectivity index (χ0) is 13.7. The van der Waals surface area contributed by atoms with Crippen molar-refractivity contribution in [1.82, 2.24) is 5.32 Å². The molecular formula is C15H23NO2S. The Balaban J connectivity index is 1.64. The van der Waals surface area contributed by atoms with Crippen LogP contribution in [-0.4, -0.2) is 17.6 Å². The van der Waals surface area contributed by atoms with Gasteiger partial charge in [0.05, 0.1) is 0 Å². The molecule has 1 fully saturated rings. The lowest BCUT2D eigenvalue weighted by molar-refractivity contribution is 0.0702. The average Bonchev–Trinajstić information content (AvgIpc) is 2.84. The monoisotopic (exact) mass is 281 g/mol. The van der Waals surface area contributed by atoms with Crippen molar-refractivity contribution in [3.05, 3.63) is 21.9 Å². The molecule has 106 valence electrons. The normalized spacial score (nSPS) is 23.4. The lowest BCUT2D eigenvalue weighted by Crippen LogP contribution is -2.20. The van der Waals surface area contributed by atoms with Gasteiger partial charge in [-0.1, -0.05) is 26.2 Å². The molecule has 4 heteroatoms. The predicted octanol–water partition coefficient (Wildman–Crippen LogP) is 3.75. The van der Waals surface area contributed by atoms with Crippen LogP contribution in [0.5, 0.6) is 0 Å². The highest BCUT2D eigenvalue weighted by molar-refractivity contribution is 7.13. The van der Waals surface area contributed by atoms with E-state index in [1.54, 1.807) is 6.07 Å². The Kier molecular flexibility index (Phi) is 5.40. The molecule has 0 aromatic carbocycles. The second-order valence-corrected chi connectivity index (χ2v) is 6.84. The third-order valence-electron chi connectivity index (χ3n) is 3.95. The molecular weight excluding hydrogens is 258 g/mol. The molecule has 2 unspecified atom stereocenters. The van der Waals surface area contributed by atoms with Crippen molar-refractivity contribution in [1.29, 1.82) is 0 Å². The summed E-state index contributed by atoms with van der Waals surface area (Å²) in [6.07, 6.45) is 6.80. The topological polar surface area (TPSA) is 49.3 Å². The summed E-state index contributed by atoms with van der Waals surface area (Å²) >= 11 is 1.37. The summed E-state index contributed by atoms with van der Waals surface area (Å²) in [5.41, 5.74) is 0. The van der Waals surface area contributed by atoms with Gasteiger partial charge in [0.1, 0.15) is 4.88 Å². The number of aromatic carboxylic acids is 1. The first-order valence-electron chi connectivity index (χ1n) is 7.18. The van der Waals surface area contributed by atoms with E-state index in [2.05, 4.69) is 12.2 Å². The van der Waals surface area contributed by atoms with E-state index in [9.17, 15) is 4.79 Å². The number of thiophene rings is 1. The predicted molar refractivity (Wildman–Crippen MR) is 78.7 cm³/mol. The molecule has 1 aliphatic carbocycles. The molecule has 3 nitrogen and oxygen atoms in total. The van der Waals surface area contributed by atoms with Crippen molar-refractivity contribution < 1.29 is 9.90 Å². The maximum absolute atomic E-state index is 10.8. The quantitative estimate of drug-likeness (QED) is 0.781. The summed E-state index contributed by atoms with van der Waals surface area (Å²) in [5.74, 6) is 0.954. The van der Waals surface area contributed by atoms with Crippen molar-refractivity contribution >= 4 is 17.3 Å². The van der Waals surface area contributed by atoms with Gasteiger partial charge in [0, 0.05) is 11.4 Å². The Bertz CT molecular complexity index is 416. The van der Waals surface area contributed by atoms with Crippen LogP contribution in [0.4, 0.5) is 0 Å². The fraction of sp³-hybridized carbons (Fsp3) is 0.667. The number of carboxylic acids is 1. The minimum Gasteiger partial charge on any atom is -0.477 e. The Morgan fingerprint density at radius 2 is 2.32 bits per heavy atom. The molecule has 2 atom stereocenters. The van der Waals surface area contributed by atoms with Crippen molar-refractivity contribution in [3.8, 4) is 0 Å². The van der Waals surface area contributed by atoms with E-state index >= 15 is 0 Å². The number of rotatable bonds is 6. The van der Waals surface area contributed by atoms with Gasteiger partial charge >= 0.3 is 5.97 Å². The summed E-state index contributed by atoms with van der Waals surface area (Å²) in [6, 6.07) is 3.59. The van der Waals surface area contributed by atoms with E-state index in [1.165, 1.54) is 43.4 Å². The lowest BCUT2D eigenvalue weighted by Gasteiger charge is -2.26. The first-order valence-corrected chi connectivity index (χ1v) is 7.99. The maximum atomic E-state index is 10.8. The van der Waals surface area contributed by atoms with Crippen LogP contribution < -0.4 is 5.32 Å². The molecule has 0 saturated heterocycles. The van der Waals surface area contributed by atoms with Gasteiger partial charge in [-0.3, -0.25) is 0 Å². The summed E-state index contributed by atoms with van der Waals surface area (Å²) < 4.78 is 0. The molecule has 1 aromatic rings. The first-order chi connectivity index (χ1) is 9.15. The van der Waals surface area contributed by atoms with Crippen LogP contribution in [0.2, 0.25) is 0 Å². The van der Waals surface area contributed by atoms with Gasteiger partial charge in [-0.25, -0.2) is 4.79 Å². The summed E-state index contributed by atoms with van der Waals surface area (Å²) in [4.78, 5) is 12.3. The standard InChI is InChI=1S/C15H23NO2S/c1-11-3-2-4-12(9-11)7-8-16-10-13-5-6-14(19-13)15(17)18/h5-6,11-12,16H,2-4,7-10H2,1H3,(H,17,18). The lowest BCUT2D eigenvalue weighted by atomic mass is 9.81. The zero-order valence-electron chi connectivity index (χ0n) is 11.5. The van der Waals surface area contributed by atoms with Gasteiger partial charge in [0.2, 0.25) is 0 Å². The Morgan fingerprint density at radius 3 is 3.00 bits per heavy atom. The third kappa shape index (κ3) is 4.62. The van der Waals surface area contributed by atoms with Gasteiger partial charge in [-0.2, -0.15) is 0 Å². The van der Waals surface area contributed by atoms with E-state index in [-0.39, 0.29) is 0 Å². The summed E-state index contributed by atoms with van der Waals surface area (Å²) in [7, 11) is 0. The van der Waals surface area contributed by atoms with Crippen LogP contribution in [0.1, 0.15) is 53.6 Å². The Morgan fingerprint density at radius 1 is 1.47 bits per heavy atom. The summed E-state index contributed by atoms with van der Waals surface area (Å²) in [6.45, 7) is 4.19. The van der Waals surface area contributed by atoms with Crippen LogP contribution in [0.3, 0.4) is 0 Å². The van der Waals surface area contributed by atoms with Crippen LogP contribution in [-0.2, 0) is 6.54 Å². The van der Waals surface area contributed by atoms with Crippen LogP contribution in [0.25, 0.3) is 0 Å². The van der Waals surface area contributed by atoms with E-state index in [0.29, 0.717) is 4.88 Å². The highest BCUT2D eigenvalue weighted by Crippen LogP contribution is 2.30. The molecule has 19 heavy (non-hydrogen) atoms. The third-order valence-corrected chi connectivity index (χ3v) is 5.02. The minimum absolute atomic E-state index is 0.429. The smallest absolute Gasteiger partial charge is 0.345 e. The molecule has 2 N–H and O–H groups in total. The molecule has 1 saturated carbocycles. The Labute approximate surface area is 119 Å². The largest absolute Gasteiger partial charge is 0.477 e. The molecule has 0 bridgehead atoms. The van der Waals surface area contributed by atoms with Crippen LogP contribution in [0, 0.1) is 11.8 Å². The minimum atomic E-state index is -0.826. The number of hydrogen-bond donors (Lipinski definition) is 2. The molecule has 0 aliphatic heterocycles. The van der Waals surface area contributed by atoms with Gasteiger partial charge < -0.3 is 10.4 Å². The fourth-order valence-electron chi connectivity index (χ4n) is 2.93. The van der Waals surface area contributed by atoms with Crippen LogP contribution in [0.15, 0.2) is 12.1 Å². The second kappa shape index (κ2) is 7.06. The van der Waals surface area contributed by atoms with Crippen molar-refractivity contribution in [3.63, 3.8) is 0 Å². The van der Waals surface area contributed by atoms with Gasteiger partial charge in [-0.05, 0) is 43.4 Å². The molecule has 1 heterocycles. The number of nitrogens with one attached hydrogen (secondary N) is 1. The maximum Gasteiger partial charge on any atom is 0.345 e. The first kappa shape index (κ1) is 14.5. The molecule has 1 aliphatic rings. The number of carboxylic acid groups (broad SMARTS) is 1. The van der Waals surface area contributed by atoms with Gasteiger partial charge in [0.15, 0.2) is 0 Å². The summed E-state index contributed by atoms with van der Waals surface area (Å²) in [5, 5.41) is 12.3. The van der Waals surface area contributed by atoms with Crippen LogP contribution >= 0.6 is 11.3 Å². The van der Waals surface area contributed by atoms with Gasteiger partial charge in [-0.15, -0.1) is 11.3 Å². The van der Waals surface area contributed by atoms with E-state index in [1.807, 2.05) is 6.07 Å². The highest BCUT2D eigenvalue weighted by Gasteiger charge is 2.18. The molecule has 0 radical (unpaired) electrons. The molecule has 0 amide bonds. The molecule has 2 rings (SSSR count).